The van der Waals surface area contributed by atoms with Gasteiger partial charge in [0.25, 0.3) is 0 Å². The van der Waals surface area contributed by atoms with E-state index in [0.29, 0.717) is 30.5 Å². The topological polar surface area (TPSA) is 67.6 Å². The molecule has 0 aliphatic carbocycles. The third kappa shape index (κ3) is 4.05. The van der Waals surface area contributed by atoms with Crippen molar-refractivity contribution < 1.29 is 9.53 Å². The van der Waals surface area contributed by atoms with Crippen LogP contribution in [0.1, 0.15) is 19.8 Å². The Labute approximate surface area is 120 Å². The van der Waals surface area contributed by atoms with E-state index in [9.17, 15) is 4.79 Å². The Balaban J connectivity index is 1.68. The van der Waals surface area contributed by atoms with Crippen LogP contribution in [0.25, 0.3) is 0 Å². The molecule has 2 amide bonds. The van der Waals surface area contributed by atoms with E-state index >= 15 is 0 Å². The third-order valence-corrected chi connectivity index (χ3v) is 3.50. The molecule has 5 nitrogen and oxygen atoms in total. The Kier molecular flexibility index (Phi) is 5.09. The fraction of sp³-hybridized carbons (Fsp3) is 0.533. The predicted octanol–water partition coefficient (Wildman–Crippen LogP) is 2.09. The Morgan fingerprint density at radius 2 is 2.30 bits per heavy atom. The Hall–Kier alpha value is -1.91. The van der Waals surface area contributed by atoms with Crippen LogP contribution in [0.3, 0.4) is 0 Å². The molecule has 0 saturated carbocycles. The number of rotatable bonds is 4. The van der Waals surface area contributed by atoms with Gasteiger partial charge in [-0.15, -0.1) is 0 Å². The summed E-state index contributed by atoms with van der Waals surface area (Å²) in [5.41, 5.74) is 6.39. The fourth-order valence-corrected chi connectivity index (χ4v) is 2.42. The molecule has 110 valence electrons. The van der Waals surface area contributed by atoms with Crippen LogP contribution in [-0.4, -0.2) is 37.2 Å². The van der Waals surface area contributed by atoms with Crippen molar-refractivity contribution in [3.8, 4) is 5.75 Å². The summed E-state index contributed by atoms with van der Waals surface area (Å²) >= 11 is 0. The van der Waals surface area contributed by atoms with Crippen LogP contribution in [0.15, 0.2) is 24.3 Å². The molecule has 0 spiro atoms. The number of hydrogen-bond donors (Lipinski definition) is 2. The van der Waals surface area contributed by atoms with E-state index < -0.39 is 0 Å². The molecule has 1 unspecified atom stereocenters. The Morgan fingerprint density at radius 1 is 1.50 bits per heavy atom. The van der Waals surface area contributed by atoms with Gasteiger partial charge in [0.1, 0.15) is 12.4 Å². The summed E-state index contributed by atoms with van der Waals surface area (Å²) in [6.07, 6.45) is 2.30. The predicted molar refractivity (Wildman–Crippen MR) is 79.7 cm³/mol. The lowest BCUT2D eigenvalue weighted by Crippen LogP contribution is -2.45. The normalized spacial score (nSPS) is 18.6. The molecule has 20 heavy (non-hydrogen) atoms. The minimum absolute atomic E-state index is 0.00110. The van der Waals surface area contributed by atoms with Crippen molar-refractivity contribution in [2.75, 3.05) is 32.0 Å². The quantitative estimate of drug-likeness (QED) is 0.654. The Morgan fingerprint density at radius 3 is 3.05 bits per heavy atom. The second-order valence-corrected chi connectivity index (χ2v) is 5.31. The van der Waals surface area contributed by atoms with Crippen LogP contribution in [0.2, 0.25) is 0 Å². The lowest BCUT2D eigenvalue weighted by atomic mass is 10.0. The third-order valence-electron chi connectivity index (χ3n) is 3.50. The zero-order valence-electron chi connectivity index (χ0n) is 12.0. The van der Waals surface area contributed by atoms with Crippen molar-refractivity contribution in [2.24, 2.45) is 5.92 Å². The standard InChI is InChI=1S/C15H23N3O2/c1-12-5-4-9-18(11-12)15(19)17-8-10-20-14-7-3-2-6-13(14)16/h2-3,6-7,12H,4-5,8-11,16H2,1H3,(H,17,19). The second-order valence-electron chi connectivity index (χ2n) is 5.31. The number of carbonyl (C=O) groups excluding carboxylic acids is 1. The molecule has 1 saturated heterocycles. The van der Waals surface area contributed by atoms with Gasteiger partial charge in [0.15, 0.2) is 0 Å². The van der Waals surface area contributed by atoms with E-state index in [4.69, 9.17) is 10.5 Å². The molecule has 3 N–H and O–H groups in total. The first kappa shape index (κ1) is 14.5. The molecule has 1 atom stereocenters. The van der Waals surface area contributed by atoms with Gasteiger partial charge in [-0.05, 0) is 30.9 Å². The molecular weight excluding hydrogens is 254 g/mol. The average Bonchev–Trinajstić information content (AvgIpc) is 2.45. The summed E-state index contributed by atoms with van der Waals surface area (Å²) in [6, 6.07) is 7.36. The molecule has 1 fully saturated rings. The van der Waals surface area contributed by atoms with Gasteiger partial charge in [-0.25, -0.2) is 4.79 Å². The van der Waals surface area contributed by atoms with E-state index in [1.165, 1.54) is 6.42 Å². The number of nitrogen functional groups attached to an aromatic ring is 1. The van der Waals surface area contributed by atoms with Gasteiger partial charge in [-0.3, -0.25) is 0 Å². The maximum Gasteiger partial charge on any atom is 0.317 e. The van der Waals surface area contributed by atoms with Gasteiger partial charge in [0.05, 0.1) is 12.2 Å². The van der Waals surface area contributed by atoms with E-state index in [1.807, 2.05) is 23.1 Å². The highest BCUT2D eigenvalue weighted by molar-refractivity contribution is 5.74. The van der Waals surface area contributed by atoms with Gasteiger partial charge in [0.2, 0.25) is 0 Å². The van der Waals surface area contributed by atoms with Crippen molar-refractivity contribution in [3.63, 3.8) is 0 Å². The summed E-state index contributed by atoms with van der Waals surface area (Å²) in [4.78, 5) is 13.8. The first-order chi connectivity index (χ1) is 9.66. The molecule has 1 aromatic carbocycles. The number of anilines is 1. The first-order valence-corrected chi connectivity index (χ1v) is 7.17. The maximum absolute atomic E-state index is 12.0. The minimum atomic E-state index is 0.00110. The molecular formula is C15H23N3O2. The number of urea groups is 1. The molecule has 1 aliphatic rings. The van der Waals surface area contributed by atoms with Gasteiger partial charge in [-0.2, -0.15) is 0 Å². The highest BCUT2D eigenvalue weighted by Crippen LogP contribution is 2.19. The molecule has 1 aromatic rings. The smallest absolute Gasteiger partial charge is 0.317 e. The molecule has 0 aromatic heterocycles. The van der Waals surface area contributed by atoms with Crippen LogP contribution in [0.4, 0.5) is 10.5 Å². The van der Waals surface area contributed by atoms with Gasteiger partial charge in [0, 0.05) is 13.1 Å². The van der Waals surface area contributed by atoms with Crippen LogP contribution in [-0.2, 0) is 0 Å². The van der Waals surface area contributed by atoms with Crippen LogP contribution in [0, 0.1) is 5.92 Å². The zero-order chi connectivity index (χ0) is 14.4. The number of ether oxygens (including phenoxy) is 1. The number of carbonyl (C=O) groups is 1. The van der Waals surface area contributed by atoms with Crippen molar-refractivity contribution in [1.29, 1.82) is 0 Å². The molecule has 0 bridgehead atoms. The molecule has 2 rings (SSSR count). The van der Waals surface area contributed by atoms with Gasteiger partial charge < -0.3 is 20.7 Å². The van der Waals surface area contributed by atoms with Crippen LogP contribution >= 0.6 is 0 Å². The average molecular weight is 277 g/mol. The Bertz CT molecular complexity index is 450. The lowest BCUT2D eigenvalue weighted by Gasteiger charge is -2.30. The summed E-state index contributed by atoms with van der Waals surface area (Å²) < 4.78 is 5.54. The summed E-state index contributed by atoms with van der Waals surface area (Å²) in [5.74, 6) is 1.25. The first-order valence-electron chi connectivity index (χ1n) is 7.17. The molecule has 5 heteroatoms. The second kappa shape index (κ2) is 7.03. The van der Waals surface area contributed by atoms with Crippen molar-refractivity contribution in [2.45, 2.75) is 19.8 Å². The van der Waals surface area contributed by atoms with E-state index in [0.717, 1.165) is 19.5 Å². The lowest BCUT2D eigenvalue weighted by molar-refractivity contribution is 0.168. The number of benzene rings is 1. The number of nitrogens with one attached hydrogen (secondary N) is 1. The van der Waals surface area contributed by atoms with E-state index in [-0.39, 0.29) is 6.03 Å². The zero-order valence-corrected chi connectivity index (χ0v) is 12.0. The molecule has 1 heterocycles. The number of hydrogen-bond acceptors (Lipinski definition) is 3. The number of para-hydroxylation sites is 2. The number of nitrogens with two attached hydrogens (primary N) is 1. The number of likely N-dealkylation sites (tertiary alicyclic amines) is 1. The van der Waals surface area contributed by atoms with Gasteiger partial charge >= 0.3 is 6.03 Å². The summed E-state index contributed by atoms with van der Waals surface area (Å²) in [6.45, 7) is 4.78. The fourth-order valence-electron chi connectivity index (χ4n) is 2.42. The molecule has 1 aliphatic heterocycles. The van der Waals surface area contributed by atoms with Gasteiger partial charge in [-0.1, -0.05) is 19.1 Å². The summed E-state index contributed by atoms with van der Waals surface area (Å²) in [5, 5.41) is 2.88. The van der Waals surface area contributed by atoms with E-state index in [2.05, 4.69) is 12.2 Å². The minimum Gasteiger partial charge on any atom is -0.490 e. The maximum atomic E-state index is 12.0. The van der Waals surface area contributed by atoms with Crippen molar-refractivity contribution in [1.82, 2.24) is 10.2 Å². The summed E-state index contributed by atoms with van der Waals surface area (Å²) in [7, 11) is 0. The number of amides is 2. The highest BCUT2D eigenvalue weighted by Gasteiger charge is 2.20. The largest absolute Gasteiger partial charge is 0.490 e. The number of nitrogens with zero attached hydrogens (tertiary/aromatic N) is 1. The monoisotopic (exact) mass is 277 g/mol. The number of piperidine rings is 1. The van der Waals surface area contributed by atoms with Crippen molar-refractivity contribution in [3.05, 3.63) is 24.3 Å². The van der Waals surface area contributed by atoms with E-state index in [1.54, 1.807) is 6.07 Å². The van der Waals surface area contributed by atoms with Crippen LogP contribution in [0.5, 0.6) is 5.75 Å². The molecule has 0 radical (unpaired) electrons. The SMILES string of the molecule is CC1CCCN(C(=O)NCCOc2ccccc2N)C1. The highest BCUT2D eigenvalue weighted by atomic mass is 16.5. The van der Waals surface area contributed by atoms with Crippen molar-refractivity contribution >= 4 is 11.7 Å². The van der Waals surface area contributed by atoms with Crippen LogP contribution < -0.4 is 15.8 Å².